The number of aliphatic hydroxyl groups excluding tert-OH is 1. The molecule has 3 unspecified atom stereocenters. The van der Waals surface area contributed by atoms with Crippen LogP contribution in [0.3, 0.4) is 0 Å². The lowest BCUT2D eigenvalue weighted by atomic mass is 10.0. The van der Waals surface area contributed by atoms with Gasteiger partial charge in [-0.3, -0.25) is 9.36 Å². The summed E-state index contributed by atoms with van der Waals surface area (Å²) in [6.45, 7) is 4.77. The van der Waals surface area contributed by atoms with Crippen molar-refractivity contribution in [3.8, 4) is 0 Å². The molecule has 0 aliphatic rings. The maximum Gasteiger partial charge on any atom is 0.268 e. The van der Waals surface area contributed by atoms with Gasteiger partial charge in [0.05, 0.1) is 39.9 Å². The number of likely N-dealkylation sites (N-methyl/N-ethyl adjacent to an activating group) is 1. The standard InChI is InChI=1S/C59H119N2O6P/c1-6-8-10-12-14-16-18-20-22-24-26-28-29-30-31-33-34-36-38-40-42-44-46-48-50-52-58(62)57(56-67-68(64,65)66-55-54-61(3,4)5)60-59(63)53-51-49-47-45-43-41-39-37-35-32-27-25-23-21-19-17-15-13-11-9-7-2/h32,35,57-58,62H,6-31,33-34,36-56H2,1-5H3,(H-,60,63,64,65)/b35-32-. The highest BCUT2D eigenvalue weighted by Gasteiger charge is 2.24. The molecule has 0 aliphatic heterocycles. The molecule has 9 heteroatoms. The van der Waals surface area contributed by atoms with Gasteiger partial charge in [-0.2, -0.15) is 0 Å². The van der Waals surface area contributed by atoms with Crippen molar-refractivity contribution < 1.29 is 32.9 Å². The van der Waals surface area contributed by atoms with E-state index in [0.717, 1.165) is 38.5 Å². The van der Waals surface area contributed by atoms with Crippen molar-refractivity contribution in [3.05, 3.63) is 12.2 Å². The van der Waals surface area contributed by atoms with E-state index in [2.05, 4.69) is 31.3 Å². The van der Waals surface area contributed by atoms with Gasteiger partial charge in [-0.15, -0.1) is 0 Å². The van der Waals surface area contributed by atoms with Gasteiger partial charge in [0.2, 0.25) is 5.91 Å². The Morgan fingerprint density at radius 3 is 1.15 bits per heavy atom. The molecule has 2 N–H and O–H groups in total. The molecular weight excluding hydrogens is 864 g/mol. The third-order valence-electron chi connectivity index (χ3n) is 14.0. The second-order valence-electron chi connectivity index (χ2n) is 22.1. The summed E-state index contributed by atoms with van der Waals surface area (Å²) in [4.78, 5) is 25.5. The number of hydrogen-bond donors (Lipinski definition) is 2. The van der Waals surface area contributed by atoms with Gasteiger partial charge in [0.1, 0.15) is 13.2 Å². The lowest BCUT2D eigenvalue weighted by molar-refractivity contribution is -0.870. The van der Waals surface area contributed by atoms with E-state index < -0.39 is 20.0 Å². The number of nitrogens with one attached hydrogen (secondary N) is 1. The molecule has 68 heavy (non-hydrogen) atoms. The van der Waals surface area contributed by atoms with E-state index in [-0.39, 0.29) is 19.1 Å². The van der Waals surface area contributed by atoms with Gasteiger partial charge in [0.25, 0.3) is 7.82 Å². The average Bonchev–Trinajstić information content (AvgIpc) is 3.30. The van der Waals surface area contributed by atoms with Gasteiger partial charge in [0.15, 0.2) is 0 Å². The number of aliphatic hydroxyl groups is 1. The Morgan fingerprint density at radius 2 is 0.809 bits per heavy atom. The molecule has 0 spiro atoms. The third kappa shape index (κ3) is 53.0. The van der Waals surface area contributed by atoms with E-state index in [1.54, 1.807) is 0 Å². The predicted octanol–water partition coefficient (Wildman–Crippen LogP) is 17.6. The van der Waals surface area contributed by atoms with Crippen LogP contribution in [0.5, 0.6) is 0 Å². The Bertz CT molecular complexity index is 1120. The van der Waals surface area contributed by atoms with E-state index in [9.17, 15) is 19.4 Å². The minimum absolute atomic E-state index is 0.0138. The van der Waals surface area contributed by atoms with Crippen LogP contribution < -0.4 is 10.2 Å². The molecule has 3 atom stereocenters. The van der Waals surface area contributed by atoms with E-state index in [1.807, 2.05) is 21.1 Å². The van der Waals surface area contributed by atoms with Crippen LogP contribution in [-0.2, 0) is 18.4 Å². The Morgan fingerprint density at radius 1 is 0.500 bits per heavy atom. The first-order valence-corrected chi connectivity index (χ1v) is 31.5. The van der Waals surface area contributed by atoms with Crippen LogP contribution in [0, 0.1) is 0 Å². The van der Waals surface area contributed by atoms with Crippen molar-refractivity contribution in [3.63, 3.8) is 0 Å². The second kappa shape index (κ2) is 51.2. The zero-order chi connectivity index (χ0) is 49.9. The highest BCUT2D eigenvalue weighted by molar-refractivity contribution is 7.45. The summed E-state index contributed by atoms with van der Waals surface area (Å²) in [6, 6.07) is -0.801. The molecule has 0 aromatic rings. The Hall–Kier alpha value is -0.760. The number of carbonyl (C=O) groups excluding carboxylic acids is 1. The van der Waals surface area contributed by atoms with Crippen LogP contribution in [0.1, 0.15) is 309 Å². The fraction of sp³-hybridized carbons (Fsp3) is 0.949. The minimum atomic E-state index is -4.57. The number of quaternary nitrogens is 1. The van der Waals surface area contributed by atoms with Gasteiger partial charge in [-0.1, -0.05) is 276 Å². The van der Waals surface area contributed by atoms with Crippen LogP contribution in [0.2, 0.25) is 0 Å². The molecule has 0 aliphatic carbocycles. The summed E-state index contributed by atoms with van der Waals surface area (Å²) in [6.07, 6.45) is 62.5. The van der Waals surface area contributed by atoms with E-state index >= 15 is 0 Å². The summed E-state index contributed by atoms with van der Waals surface area (Å²) in [5.41, 5.74) is 0. The van der Waals surface area contributed by atoms with Crippen LogP contribution >= 0.6 is 7.82 Å². The van der Waals surface area contributed by atoms with Crippen LogP contribution in [0.15, 0.2) is 12.2 Å². The number of phosphoric ester groups is 1. The zero-order valence-corrected chi connectivity index (χ0v) is 47.2. The highest BCUT2D eigenvalue weighted by atomic mass is 31.2. The summed E-state index contributed by atoms with van der Waals surface area (Å²) in [5, 5.41) is 14.0. The number of amides is 1. The molecule has 0 heterocycles. The van der Waals surface area contributed by atoms with Gasteiger partial charge in [-0.05, 0) is 38.5 Å². The van der Waals surface area contributed by atoms with Crippen molar-refractivity contribution in [1.82, 2.24) is 5.32 Å². The fourth-order valence-corrected chi connectivity index (χ4v) is 10.00. The van der Waals surface area contributed by atoms with E-state index in [0.29, 0.717) is 23.9 Å². The molecule has 0 bridgehead atoms. The highest BCUT2D eigenvalue weighted by Crippen LogP contribution is 2.38. The number of unbranched alkanes of at least 4 members (excludes halogenated alkanes) is 41. The minimum Gasteiger partial charge on any atom is -0.756 e. The molecule has 0 fully saturated rings. The molecule has 0 saturated heterocycles. The maximum atomic E-state index is 13.0. The quantitative estimate of drug-likeness (QED) is 0.0272. The molecule has 8 nitrogen and oxygen atoms in total. The van der Waals surface area contributed by atoms with E-state index in [4.69, 9.17) is 9.05 Å². The number of carbonyl (C=O) groups is 1. The number of phosphoric acid groups is 1. The topological polar surface area (TPSA) is 108 Å². The van der Waals surface area contributed by atoms with Gasteiger partial charge >= 0.3 is 0 Å². The molecule has 0 aromatic heterocycles. The predicted molar refractivity (Wildman–Crippen MR) is 293 cm³/mol. The Kier molecular flexibility index (Phi) is 50.6. The molecule has 0 aromatic carbocycles. The van der Waals surface area contributed by atoms with Crippen LogP contribution in [0.25, 0.3) is 0 Å². The van der Waals surface area contributed by atoms with Gasteiger partial charge < -0.3 is 28.8 Å². The molecule has 1 amide bonds. The summed E-state index contributed by atoms with van der Waals surface area (Å²) in [5.74, 6) is -0.163. The number of allylic oxidation sites excluding steroid dienone is 2. The molecule has 406 valence electrons. The molecule has 0 rings (SSSR count). The average molecular weight is 984 g/mol. The summed E-state index contributed by atoms with van der Waals surface area (Å²) < 4.78 is 23.5. The normalized spacial score (nSPS) is 13.9. The van der Waals surface area contributed by atoms with Gasteiger partial charge in [-0.25, -0.2) is 0 Å². The van der Waals surface area contributed by atoms with Crippen LogP contribution in [0.4, 0.5) is 0 Å². The van der Waals surface area contributed by atoms with Gasteiger partial charge in [0, 0.05) is 6.42 Å². The SMILES string of the molecule is CCCCCCCCCCCC/C=C\CCCCCCCCCC(=O)NC(COP(=O)([O-])OCC[N+](C)(C)C)C(O)CCCCCCCCCCCCCCCCCCCCCCCCCCC. The first-order valence-electron chi connectivity index (χ1n) is 30.0. The lowest BCUT2D eigenvalue weighted by Crippen LogP contribution is -2.46. The van der Waals surface area contributed by atoms with Crippen molar-refractivity contribution in [2.45, 2.75) is 321 Å². The Labute approximate surface area is 424 Å². The smallest absolute Gasteiger partial charge is 0.268 e. The van der Waals surface area contributed by atoms with Crippen molar-refractivity contribution in [2.24, 2.45) is 0 Å². The van der Waals surface area contributed by atoms with Crippen molar-refractivity contribution in [1.29, 1.82) is 0 Å². The Balaban J connectivity index is 4.13. The third-order valence-corrected chi connectivity index (χ3v) is 15.0. The largest absolute Gasteiger partial charge is 0.756 e. The molecule has 0 saturated carbocycles. The maximum absolute atomic E-state index is 13.0. The summed E-state index contributed by atoms with van der Waals surface area (Å²) in [7, 11) is 1.32. The lowest BCUT2D eigenvalue weighted by Gasteiger charge is -2.30. The molecule has 0 radical (unpaired) electrons. The number of rotatable bonds is 56. The monoisotopic (exact) mass is 983 g/mol. The second-order valence-corrected chi connectivity index (χ2v) is 23.5. The van der Waals surface area contributed by atoms with E-state index in [1.165, 1.54) is 244 Å². The van der Waals surface area contributed by atoms with Crippen molar-refractivity contribution >= 4 is 13.7 Å². The van der Waals surface area contributed by atoms with Crippen molar-refractivity contribution in [2.75, 3.05) is 40.9 Å². The number of hydrogen-bond acceptors (Lipinski definition) is 6. The first kappa shape index (κ1) is 67.2. The first-order chi connectivity index (χ1) is 33.0. The molecular formula is C59H119N2O6P. The number of nitrogens with zero attached hydrogens (tertiary/aromatic N) is 1. The fourth-order valence-electron chi connectivity index (χ4n) is 9.27. The summed E-state index contributed by atoms with van der Waals surface area (Å²) >= 11 is 0. The van der Waals surface area contributed by atoms with Crippen LogP contribution in [-0.4, -0.2) is 68.5 Å². The zero-order valence-electron chi connectivity index (χ0n) is 46.3.